The summed E-state index contributed by atoms with van der Waals surface area (Å²) < 4.78 is 5.07. The minimum absolute atomic E-state index is 0.269. The molecule has 1 heterocycles. The highest BCUT2D eigenvalue weighted by atomic mass is 32.1. The first-order chi connectivity index (χ1) is 8.72. The van der Waals surface area contributed by atoms with Crippen LogP contribution in [0.25, 0.3) is 0 Å². The fourth-order valence-corrected chi connectivity index (χ4v) is 2.60. The number of hydrogen-bond acceptors (Lipinski definition) is 4. The third-order valence-electron chi connectivity index (χ3n) is 2.49. The molecule has 0 bridgehead atoms. The molecule has 0 saturated heterocycles. The number of anilines is 2. The second-order valence-electron chi connectivity index (χ2n) is 3.83. The molecule has 0 aliphatic rings. The average molecular weight is 261 g/mol. The van der Waals surface area contributed by atoms with E-state index < -0.39 is 0 Å². The molecule has 0 spiro atoms. The Balaban J connectivity index is 2.26. The molecule has 2 aromatic rings. The summed E-state index contributed by atoms with van der Waals surface area (Å²) in [6.07, 6.45) is 0. The second-order valence-corrected chi connectivity index (χ2v) is 4.71. The van der Waals surface area contributed by atoms with E-state index in [9.17, 15) is 4.79 Å². The Labute approximate surface area is 110 Å². The van der Waals surface area contributed by atoms with E-state index in [4.69, 9.17) is 4.74 Å². The van der Waals surface area contributed by atoms with Crippen molar-refractivity contribution >= 4 is 28.0 Å². The predicted octanol–water partition coefficient (Wildman–Crippen LogP) is 3.98. The standard InChI is InChI=1S/C14H15NO2S/c1-3-17-14(16)12-10(2)9-18-13(12)15-11-7-5-4-6-8-11/h4-9,15H,3H2,1-2H3. The minimum Gasteiger partial charge on any atom is -0.462 e. The van der Waals surface area contributed by atoms with Gasteiger partial charge in [0.2, 0.25) is 0 Å². The van der Waals surface area contributed by atoms with Crippen molar-refractivity contribution in [3.63, 3.8) is 0 Å². The molecule has 4 heteroatoms. The van der Waals surface area contributed by atoms with Crippen LogP contribution in [0.15, 0.2) is 35.7 Å². The minimum atomic E-state index is -0.269. The molecule has 18 heavy (non-hydrogen) atoms. The molecule has 1 aromatic carbocycles. The molecule has 2 rings (SSSR count). The zero-order valence-corrected chi connectivity index (χ0v) is 11.2. The molecule has 0 saturated carbocycles. The van der Waals surface area contributed by atoms with Crippen LogP contribution in [-0.2, 0) is 4.74 Å². The second kappa shape index (κ2) is 5.69. The summed E-state index contributed by atoms with van der Waals surface area (Å²) in [7, 11) is 0. The van der Waals surface area contributed by atoms with Crippen molar-refractivity contribution in [1.29, 1.82) is 0 Å². The van der Waals surface area contributed by atoms with E-state index in [-0.39, 0.29) is 5.97 Å². The lowest BCUT2D eigenvalue weighted by Crippen LogP contribution is -2.07. The number of hydrogen-bond donors (Lipinski definition) is 1. The van der Waals surface area contributed by atoms with Gasteiger partial charge in [0.05, 0.1) is 12.2 Å². The first-order valence-electron chi connectivity index (χ1n) is 5.79. The summed E-state index contributed by atoms with van der Waals surface area (Å²) >= 11 is 1.51. The molecule has 0 radical (unpaired) electrons. The van der Waals surface area contributed by atoms with Crippen molar-refractivity contribution in [2.75, 3.05) is 11.9 Å². The molecule has 94 valence electrons. The zero-order chi connectivity index (χ0) is 13.0. The lowest BCUT2D eigenvalue weighted by molar-refractivity contribution is 0.0527. The third kappa shape index (κ3) is 2.71. The average Bonchev–Trinajstić information content (AvgIpc) is 2.72. The van der Waals surface area contributed by atoms with Gasteiger partial charge in [0.25, 0.3) is 0 Å². The third-order valence-corrected chi connectivity index (χ3v) is 3.50. The number of aryl methyl sites for hydroxylation is 1. The molecule has 0 aliphatic heterocycles. The van der Waals surface area contributed by atoms with Crippen molar-refractivity contribution < 1.29 is 9.53 Å². The predicted molar refractivity (Wildman–Crippen MR) is 74.7 cm³/mol. The quantitative estimate of drug-likeness (QED) is 0.846. The van der Waals surface area contributed by atoms with Crippen molar-refractivity contribution in [1.82, 2.24) is 0 Å². The van der Waals surface area contributed by atoms with Crippen LogP contribution in [0.3, 0.4) is 0 Å². The molecule has 0 amide bonds. The summed E-state index contributed by atoms with van der Waals surface area (Å²) in [5.74, 6) is -0.269. The molecule has 0 unspecified atom stereocenters. The summed E-state index contributed by atoms with van der Waals surface area (Å²) in [4.78, 5) is 11.9. The Kier molecular flexibility index (Phi) is 3.99. The van der Waals surface area contributed by atoms with Gasteiger partial charge in [-0.25, -0.2) is 4.79 Å². The number of para-hydroxylation sites is 1. The van der Waals surface area contributed by atoms with Gasteiger partial charge in [-0.05, 0) is 36.9 Å². The van der Waals surface area contributed by atoms with E-state index in [2.05, 4.69) is 5.32 Å². The molecule has 3 nitrogen and oxygen atoms in total. The molecule has 0 atom stereocenters. The number of carbonyl (C=O) groups excluding carboxylic acids is 1. The maximum absolute atomic E-state index is 11.9. The van der Waals surface area contributed by atoms with Crippen LogP contribution in [0, 0.1) is 6.92 Å². The highest BCUT2D eigenvalue weighted by Crippen LogP contribution is 2.31. The van der Waals surface area contributed by atoms with Crippen LogP contribution in [0.4, 0.5) is 10.7 Å². The molecule has 1 N–H and O–H groups in total. The number of esters is 1. The summed E-state index contributed by atoms with van der Waals surface area (Å²) in [6.45, 7) is 4.11. The van der Waals surface area contributed by atoms with Gasteiger partial charge in [-0.3, -0.25) is 0 Å². The molecule has 0 aliphatic carbocycles. The van der Waals surface area contributed by atoms with Gasteiger partial charge in [-0.1, -0.05) is 18.2 Å². The van der Waals surface area contributed by atoms with Crippen LogP contribution < -0.4 is 5.32 Å². The molecule has 1 aromatic heterocycles. The van der Waals surface area contributed by atoms with E-state index in [1.807, 2.05) is 49.6 Å². The number of benzene rings is 1. The highest BCUT2D eigenvalue weighted by molar-refractivity contribution is 7.14. The van der Waals surface area contributed by atoms with Gasteiger partial charge in [0.1, 0.15) is 5.00 Å². The van der Waals surface area contributed by atoms with Crippen molar-refractivity contribution in [3.8, 4) is 0 Å². The maximum atomic E-state index is 11.9. The lowest BCUT2D eigenvalue weighted by Gasteiger charge is -2.07. The van der Waals surface area contributed by atoms with E-state index in [0.717, 1.165) is 16.3 Å². The SMILES string of the molecule is CCOC(=O)c1c(C)csc1Nc1ccccc1. The number of ether oxygens (including phenoxy) is 1. The van der Waals surface area contributed by atoms with Crippen molar-refractivity contribution in [2.24, 2.45) is 0 Å². The zero-order valence-electron chi connectivity index (χ0n) is 10.4. The Morgan fingerprint density at radius 3 is 2.72 bits per heavy atom. The fourth-order valence-electron chi connectivity index (χ4n) is 1.65. The lowest BCUT2D eigenvalue weighted by atomic mass is 10.2. The number of rotatable bonds is 4. The van der Waals surface area contributed by atoms with E-state index >= 15 is 0 Å². The van der Waals surface area contributed by atoms with E-state index in [1.54, 1.807) is 0 Å². The van der Waals surface area contributed by atoms with Gasteiger partial charge in [-0.2, -0.15) is 0 Å². The van der Waals surface area contributed by atoms with Crippen molar-refractivity contribution in [2.45, 2.75) is 13.8 Å². The smallest absolute Gasteiger partial charge is 0.341 e. The van der Waals surface area contributed by atoms with Crippen LogP contribution in [0.1, 0.15) is 22.8 Å². The van der Waals surface area contributed by atoms with Gasteiger partial charge < -0.3 is 10.1 Å². The summed E-state index contributed by atoms with van der Waals surface area (Å²) in [6, 6.07) is 9.78. The first kappa shape index (κ1) is 12.6. The number of nitrogens with one attached hydrogen (secondary N) is 1. The van der Waals surface area contributed by atoms with Crippen LogP contribution >= 0.6 is 11.3 Å². The van der Waals surface area contributed by atoms with E-state index in [0.29, 0.717) is 12.2 Å². The van der Waals surface area contributed by atoms with Gasteiger partial charge >= 0.3 is 5.97 Å². The van der Waals surface area contributed by atoms with Gasteiger partial charge in [0, 0.05) is 5.69 Å². The van der Waals surface area contributed by atoms with Crippen molar-refractivity contribution in [3.05, 3.63) is 46.8 Å². The van der Waals surface area contributed by atoms with Gasteiger partial charge in [0.15, 0.2) is 0 Å². The summed E-state index contributed by atoms with van der Waals surface area (Å²) in [5.41, 5.74) is 2.53. The van der Waals surface area contributed by atoms with Crippen LogP contribution in [0.2, 0.25) is 0 Å². The molecule has 0 fully saturated rings. The monoisotopic (exact) mass is 261 g/mol. The topological polar surface area (TPSA) is 38.3 Å². The molecular weight excluding hydrogens is 246 g/mol. The number of carbonyl (C=O) groups is 1. The fraction of sp³-hybridized carbons (Fsp3) is 0.214. The van der Waals surface area contributed by atoms with Crippen LogP contribution in [-0.4, -0.2) is 12.6 Å². The Morgan fingerprint density at radius 1 is 1.33 bits per heavy atom. The largest absolute Gasteiger partial charge is 0.462 e. The Morgan fingerprint density at radius 2 is 2.06 bits per heavy atom. The highest BCUT2D eigenvalue weighted by Gasteiger charge is 2.17. The normalized spacial score (nSPS) is 10.1. The van der Waals surface area contributed by atoms with Gasteiger partial charge in [-0.15, -0.1) is 11.3 Å². The molecular formula is C14H15NO2S. The first-order valence-corrected chi connectivity index (χ1v) is 6.67. The summed E-state index contributed by atoms with van der Waals surface area (Å²) in [5, 5.41) is 6.04. The van der Waals surface area contributed by atoms with Crippen LogP contribution in [0.5, 0.6) is 0 Å². The maximum Gasteiger partial charge on any atom is 0.341 e. The number of thiophene rings is 1. The van der Waals surface area contributed by atoms with E-state index in [1.165, 1.54) is 11.3 Å². The Hall–Kier alpha value is -1.81. The Bertz CT molecular complexity index is 534.